The van der Waals surface area contributed by atoms with E-state index in [-0.39, 0.29) is 0 Å². The van der Waals surface area contributed by atoms with Crippen LogP contribution in [0.15, 0.2) is 5.38 Å². The van der Waals surface area contributed by atoms with E-state index in [2.05, 4.69) is 34.8 Å². The Morgan fingerprint density at radius 2 is 2.50 bits per heavy atom. The second-order valence-electron chi connectivity index (χ2n) is 5.05. The largest absolute Gasteiger partial charge is 0.316 e. The topological polar surface area (TPSA) is 37.0 Å². The first-order valence-electron chi connectivity index (χ1n) is 6.00. The quantitative estimate of drug-likeness (QED) is 0.843. The van der Waals surface area contributed by atoms with Crippen molar-refractivity contribution in [3.05, 3.63) is 16.1 Å². The zero-order valence-corrected chi connectivity index (χ0v) is 11.0. The van der Waals surface area contributed by atoms with Crippen molar-refractivity contribution in [3.8, 4) is 0 Å². The lowest BCUT2D eigenvalue weighted by Crippen LogP contribution is -2.44. The molecule has 0 aromatic carbocycles. The highest BCUT2D eigenvalue weighted by Gasteiger charge is 2.25. The molecule has 2 N–H and O–H groups in total. The van der Waals surface area contributed by atoms with Crippen LogP contribution in [0.3, 0.4) is 0 Å². The molecule has 0 spiro atoms. The fourth-order valence-electron chi connectivity index (χ4n) is 2.25. The molecule has 0 saturated carbocycles. The normalized spacial score (nSPS) is 25.9. The summed E-state index contributed by atoms with van der Waals surface area (Å²) in [4.78, 5) is 4.46. The lowest BCUT2D eigenvalue weighted by Gasteiger charge is -2.34. The molecular formula is C12H21N3S. The van der Waals surface area contributed by atoms with E-state index in [1.54, 1.807) is 11.3 Å². The molecular weight excluding hydrogens is 218 g/mol. The third-order valence-corrected chi connectivity index (χ3v) is 4.03. The molecule has 1 aromatic rings. The van der Waals surface area contributed by atoms with Crippen LogP contribution >= 0.6 is 11.3 Å². The van der Waals surface area contributed by atoms with E-state index in [1.165, 1.54) is 25.1 Å². The van der Waals surface area contributed by atoms with Crippen LogP contribution in [-0.4, -0.2) is 24.6 Å². The Hall–Kier alpha value is -0.450. The summed E-state index contributed by atoms with van der Waals surface area (Å²) >= 11 is 1.73. The molecule has 4 heteroatoms. The number of nitrogens with zero attached hydrogens (tertiary/aromatic N) is 1. The van der Waals surface area contributed by atoms with Crippen LogP contribution in [0, 0.1) is 12.3 Å². The smallest absolute Gasteiger partial charge is 0.0897 e. The van der Waals surface area contributed by atoms with Gasteiger partial charge in [-0.05, 0) is 31.7 Å². The summed E-state index contributed by atoms with van der Waals surface area (Å²) in [7, 11) is 0. The van der Waals surface area contributed by atoms with Crippen LogP contribution in [0.4, 0.5) is 0 Å². The van der Waals surface area contributed by atoms with E-state index >= 15 is 0 Å². The number of aryl methyl sites for hydroxylation is 1. The molecule has 0 amide bonds. The lowest BCUT2D eigenvalue weighted by molar-refractivity contribution is 0.226. The van der Waals surface area contributed by atoms with Crippen molar-refractivity contribution in [3.63, 3.8) is 0 Å². The Bertz CT molecular complexity index is 329. The Kier molecular flexibility index (Phi) is 3.95. The Morgan fingerprint density at radius 1 is 1.62 bits per heavy atom. The minimum Gasteiger partial charge on any atom is -0.316 e. The van der Waals surface area contributed by atoms with Gasteiger partial charge in [-0.15, -0.1) is 11.3 Å². The summed E-state index contributed by atoms with van der Waals surface area (Å²) in [5.41, 5.74) is 1.60. The fraction of sp³-hybridized carbons (Fsp3) is 0.750. The highest BCUT2D eigenvalue weighted by molar-refractivity contribution is 7.09. The number of thiazole rings is 1. The summed E-state index contributed by atoms with van der Waals surface area (Å²) < 4.78 is 0. The SMILES string of the molecule is Cc1nc(CNCC2(C)CCCNC2)cs1. The first-order valence-corrected chi connectivity index (χ1v) is 6.88. The van der Waals surface area contributed by atoms with Gasteiger partial charge in [-0.3, -0.25) is 0 Å². The first-order chi connectivity index (χ1) is 7.68. The number of aromatic nitrogens is 1. The maximum Gasteiger partial charge on any atom is 0.0897 e. The molecule has 1 aliphatic heterocycles. The van der Waals surface area contributed by atoms with Gasteiger partial charge in [0, 0.05) is 25.0 Å². The molecule has 90 valence electrons. The first kappa shape index (κ1) is 12.0. The third-order valence-electron chi connectivity index (χ3n) is 3.21. The summed E-state index contributed by atoms with van der Waals surface area (Å²) in [6.45, 7) is 8.71. The monoisotopic (exact) mass is 239 g/mol. The molecule has 1 fully saturated rings. The molecule has 0 radical (unpaired) electrons. The lowest BCUT2D eigenvalue weighted by atomic mass is 9.83. The molecule has 1 aromatic heterocycles. The average Bonchev–Trinajstić information content (AvgIpc) is 2.65. The minimum absolute atomic E-state index is 0.420. The second-order valence-corrected chi connectivity index (χ2v) is 6.11. The van der Waals surface area contributed by atoms with Crippen LogP contribution < -0.4 is 10.6 Å². The summed E-state index contributed by atoms with van der Waals surface area (Å²) in [6.07, 6.45) is 2.62. The zero-order chi connectivity index (χ0) is 11.4. The van der Waals surface area contributed by atoms with Crippen LogP contribution in [-0.2, 0) is 6.54 Å². The highest BCUT2D eigenvalue weighted by atomic mass is 32.1. The zero-order valence-electron chi connectivity index (χ0n) is 10.2. The van der Waals surface area contributed by atoms with Crippen molar-refractivity contribution in [2.24, 2.45) is 5.41 Å². The Morgan fingerprint density at radius 3 is 3.12 bits per heavy atom. The van der Waals surface area contributed by atoms with Crippen LogP contribution in [0.2, 0.25) is 0 Å². The van der Waals surface area contributed by atoms with Gasteiger partial charge < -0.3 is 10.6 Å². The standard InChI is InChI=1S/C12H21N3S/c1-10-15-11(7-16-10)6-14-9-12(2)4-3-5-13-8-12/h7,13-14H,3-6,8-9H2,1-2H3. The van der Waals surface area contributed by atoms with Gasteiger partial charge in [0.15, 0.2) is 0 Å². The third kappa shape index (κ3) is 3.27. The van der Waals surface area contributed by atoms with E-state index in [0.717, 1.165) is 24.6 Å². The number of hydrogen-bond donors (Lipinski definition) is 2. The van der Waals surface area contributed by atoms with Gasteiger partial charge in [-0.1, -0.05) is 6.92 Å². The summed E-state index contributed by atoms with van der Waals surface area (Å²) in [5, 5.41) is 10.3. The van der Waals surface area contributed by atoms with Crippen molar-refractivity contribution in [1.82, 2.24) is 15.6 Å². The van der Waals surface area contributed by atoms with E-state index in [4.69, 9.17) is 0 Å². The molecule has 1 saturated heterocycles. The molecule has 3 nitrogen and oxygen atoms in total. The second kappa shape index (κ2) is 5.25. The molecule has 0 bridgehead atoms. The molecule has 0 aliphatic carbocycles. The van der Waals surface area contributed by atoms with Crippen LogP contribution in [0.25, 0.3) is 0 Å². The van der Waals surface area contributed by atoms with Gasteiger partial charge in [0.1, 0.15) is 0 Å². The van der Waals surface area contributed by atoms with Gasteiger partial charge in [-0.2, -0.15) is 0 Å². The van der Waals surface area contributed by atoms with Gasteiger partial charge in [0.25, 0.3) is 0 Å². The average molecular weight is 239 g/mol. The van der Waals surface area contributed by atoms with Crippen molar-refractivity contribution < 1.29 is 0 Å². The number of hydrogen-bond acceptors (Lipinski definition) is 4. The highest BCUT2D eigenvalue weighted by Crippen LogP contribution is 2.24. The molecule has 2 rings (SSSR count). The predicted molar refractivity (Wildman–Crippen MR) is 68.8 cm³/mol. The summed E-state index contributed by atoms with van der Waals surface area (Å²) in [5.74, 6) is 0. The minimum atomic E-state index is 0.420. The molecule has 1 aliphatic rings. The van der Waals surface area contributed by atoms with Crippen molar-refractivity contribution in [2.45, 2.75) is 33.2 Å². The van der Waals surface area contributed by atoms with Crippen molar-refractivity contribution in [2.75, 3.05) is 19.6 Å². The molecule has 1 unspecified atom stereocenters. The Balaban J connectivity index is 1.74. The maximum absolute atomic E-state index is 4.46. The van der Waals surface area contributed by atoms with E-state index < -0.39 is 0 Å². The Labute approximate surface area is 102 Å². The summed E-state index contributed by atoms with van der Waals surface area (Å²) in [6, 6.07) is 0. The number of piperidine rings is 1. The van der Waals surface area contributed by atoms with E-state index in [0.29, 0.717) is 5.41 Å². The van der Waals surface area contributed by atoms with E-state index in [1.807, 2.05) is 0 Å². The van der Waals surface area contributed by atoms with Crippen molar-refractivity contribution >= 4 is 11.3 Å². The number of rotatable bonds is 4. The molecule has 16 heavy (non-hydrogen) atoms. The maximum atomic E-state index is 4.46. The van der Waals surface area contributed by atoms with Crippen molar-refractivity contribution in [1.29, 1.82) is 0 Å². The predicted octanol–water partition coefficient (Wildman–Crippen LogP) is 1.93. The van der Waals surface area contributed by atoms with E-state index in [9.17, 15) is 0 Å². The number of nitrogens with one attached hydrogen (secondary N) is 2. The van der Waals surface area contributed by atoms with Gasteiger partial charge >= 0.3 is 0 Å². The fourth-order valence-corrected chi connectivity index (χ4v) is 2.86. The van der Waals surface area contributed by atoms with Gasteiger partial charge in [0.2, 0.25) is 0 Å². The van der Waals surface area contributed by atoms with Crippen LogP contribution in [0.1, 0.15) is 30.5 Å². The molecule has 1 atom stereocenters. The van der Waals surface area contributed by atoms with Gasteiger partial charge in [-0.25, -0.2) is 4.98 Å². The van der Waals surface area contributed by atoms with Gasteiger partial charge in [0.05, 0.1) is 10.7 Å². The van der Waals surface area contributed by atoms with Crippen LogP contribution in [0.5, 0.6) is 0 Å². The molecule has 2 heterocycles.